The molecule has 0 aromatic carbocycles. The molecule has 0 N–H and O–H groups in total. The first-order valence-corrected chi connectivity index (χ1v) is 7.02. The van der Waals surface area contributed by atoms with E-state index in [1.807, 2.05) is 18.7 Å². The molecule has 1 heterocycles. The van der Waals surface area contributed by atoms with E-state index in [-0.39, 0.29) is 23.9 Å². The molecule has 104 valence electrons. The Kier molecular flexibility index (Phi) is 6.16. The van der Waals surface area contributed by atoms with Crippen LogP contribution in [0, 0.1) is 5.92 Å². The Labute approximate surface area is 110 Å². The minimum absolute atomic E-state index is 0.0946. The first-order chi connectivity index (χ1) is 8.54. The molecule has 1 rings (SSSR count). The van der Waals surface area contributed by atoms with E-state index in [4.69, 9.17) is 4.74 Å². The van der Waals surface area contributed by atoms with Gasteiger partial charge in [-0.15, -0.1) is 0 Å². The zero-order chi connectivity index (χ0) is 13.5. The second kappa shape index (κ2) is 7.39. The summed E-state index contributed by atoms with van der Waals surface area (Å²) in [6.07, 6.45) is 4.80. The summed E-state index contributed by atoms with van der Waals surface area (Å²) in [6.45, 7) is 7.15. The molecule has 0 spiro atoms. The average Bonchev–Trinajstić information content (AvgIpc) is 2.66. The van der Waals surface area contributed by atoms with Gasteiger partial charge in [0, 0.05) is 19.5 Å². The van der Waals surface area contributed by atoms with Crippen molar-refractivity contribution in [1.82, 2.24) is 4.90 Å². The molecule has 0 aromatic rings. The van der Waals surface area contributed by atoms with Gasteiger partial charge in [-0.05, 0) is 20.3 Å². The normalized spacial score (nSPS) is 19.7. The molecule has 1 unspecified atom stereocenters. The van der Waals surface area contributed by atoms with Crippen molar-refractivity contribution in [2.75, 3.05) is 13.1 Å². The molecule has 0 aliphatic carbocycles. The van der Waals surface area contributed by atoms with Crippen LogP contribution in [-0.4, -0.2) is 36.0 Å². The van der Waals surface area contributed by atoms with Crippen LogP contribution in [0.4, 0.5) is 0 Å². The fraction of sp³-hybridized carbons (Fsp3) is 0.857. The van der Waals surface area contributed by atoms with Crippen LogP contribution >= 0.6 is 0 Å². The predicted octanol–water partition coefficient (Wildman–Crippen LogP) is 2.37. The summed E-state index contributed by atoms with van der Waals surface area (Å²) in [5.41, 5.74) is 0. The molecule has 0 saturated carbocycles. The first kappa shape index (κ1) is 15.0. The number of unbranched alkanes of at least 4 members (excludes halogenated alkanes) is 3. The van der Waals surface area contributed by atoms with Crippen LogP contribution in [0.5, 0.6) is 0 Å². The lowest BCUT2D eigenvalue weighted by molar-refractivity contribution is -0.152. The number of carbonyl (C=O) groups is 2. The minimum Gasteiger partial charge on any atom is -0.463 e. The molecular weight excluding hydrogens is 230 g/mol. The van der Waals surface area contributed by atoms with Gasteiger partial charge in [-0.2, -0.15) is 0 Å². The third kappa shape index (κ3) is 4.67. The van der Waals surface area contributed by atoms with Crippen molar-refractivity contribution in [3.8, 4) is 0 Å². The maximum Gasteiger partial charge on any atom is 0.311 e. The molecule has 1 saturated heterocycles. The zero-order valence-corrected chi connectivity index (χ0v) is 11.8. The van der Waals surface area contributed by atoms with E-state index in [2.05, 4.69) is 6.92 Å². The van der Waals surface area contributed by atoms with Crippen LogP contribution in [0.2, 0.25) is 0 Å². The van der Waals surface area contributed by atoms with Crippen LogP contribution in [0.15, 0.2) is 0 Å². The third-order valence-electron chi connectivity index (χ3n) is 3.18. The SMILES string of the molecule is CCCCCCN1CC(C(=O)OC(C)C)CC1=O. The van der Waals surface area contributed by atoms with Gasteiger partial charge in [0.1, 0.15) is 0 Å². The first-order valence-electron chi connectivity index (χ1n) is 7.02. The van der Waals surface area contributed by atoms with Crippen molar-refractivity contribution in [3.05, 3.63) is 0 Å². The van der Waals surface area contributed by atoms with Crippen molar-refractivity contribution in [1.29, 1.82) is 0 Å². The smallest absolute Gasteiger partial charge is 0.311 e. The Morgan fingerprint density at radius 3 is 2.72 bits per heavy atom. The molecular formula is C14H25NO3. The molecule has 1 atom stereocenters. The minimum atomic E-state index is -0.258. The summed E-state index contributed by atoms with van der Waals surface area (Å²) in [7, 11) is 0. The van der Waals surface area contributed by atoms with Gasteiger partial charge >= 0.3 is 5.97 Å². The van der Waals surface area contributed by atoms with E-state index in [0.29, 0.717) is 13.0 Å². The fourth-order valence-corrected chi connectivity index (χ4v) is 2.20. The molecule has 4 nitrogen and oxygen atoms in total. The van der Waals surface area contributed by atoms with Gasteiger partial charge in [-0.25, -0.2) is 0 Å². The highest BCUT2D eigenvalue weighted by molar-refractivity contribution is 5.86. The molecule has 1 fully saturated rings. The monoisotopic (exact) mass is 255 g/mol. The maximum atomic E-state index is 11.8. The van der Waals surface area contributed by atoms with Crippen molar-refractivity contribution in [2.24, 2.45) is 5.92 Å². The summed E-state index contributed by atoms with van der Waals surface area (Å²) in [6, 6.07) is 0. The zero-order valence-electron chi connectivity index (χ0n) is 11.8. The topological polar surface area (TPSA) is 46.6 Å². The molecule has 4 heteroatoms. The average molecular weight is 255 g/mol. The molecule has 0 bridgehead atoms. The van der Waals surface area contributed by atoms with Crippen molar-refractivity contribution in [3.63, 3.8) is 0 Å². The number of hydrogen-bond acceptors (Lipinski definition) is 3. The highest BCUT2D eigenvalue weighted by atomic mass is 16.5. The van der Waals surface area contributed by atoms with Crippen LogP contribution in [0.3, 0.4) is 0 Å². The lowest BCUT2D eigenvalue weighted by Crippen LogP contribution is -2.28. The van der Waals surface area contributed by atoms with Crippen LogP contribution in [0.1, 0.15) is 52.9 Å². The Bertz CT molecular complexity index is 289. The second-order valence-corrected chi connectivity index (χ2v) is 5.29. The van der Waals surface area contributed by atoms with Crippen LogP contribution < -0.4 is 0 Å². The number of hydrogen-bond donors (Lipinski definition) is 0. The van der Waals surface area contributed by atoms with Crippen molar-refractivity contribution in [2.45, 2.75) is 59.0 Å². The Morgan fingerprint density at radius 1 is 1.39 bits per heavy atom. The van der Waals surface area contributed by atoms with E-state index in [0.717, 1.165) is 19.4 Å². The Morgan fingerprint density at radius 2 is 2.11 bits per heavy atom. The summed E-state index contributed by atoms with van der Waals surface area (Å²) < 4.78 is 5.16. The third-order valence-corrected chi connectivity index (χ3v) is 3.18. The van der Waals surface area contributed by atoms with Crippen LogP contribution in [0.25, 0.3) is 0 Å². The number of likely N-dealkylation sites (tertiary alicyclic amines) is 1. The van der Waals surface area contributed by atoms with Crippen molar-refractivity contribution < 1.29 is 14.3 Å². The Hall–Kier alpha value is -1.06. The largest absolute Gasteiger partial charge is 0.463 e. The lowest BCUT2D eigenvalue weighted by atomic mass is 10.1. The van der Waals surface area contributed by atoms with Crippen molar-refractivity contribution >= 4 is 11.9 Å². The second-order valence-electron chi connectivity index (χ2n) is 5.29. The van der Waals surface area contributed by atoms with E-state index in [9.17, 15) is 9.59 Å². The number of carbonyl (C=O) groups excluding carboxylic acids is 2. The highest BCUT2D eigenvalue weighted by Gasteiger charge is 2.35. The molecule has 1 aliphatic heterocycles. The van der Waals surface area contributed by atoms with Gasteiger partial charge < -0.3 is 9.64 Å². The Balaban J connectivity index is 2.32. The quantitative estimate of drug-likeness (QED) is 0.518. The van der Waals surface area contributed by atoms with Gasteiger partial charge in [0.05, 0.1) is 12.0 Å². The summed E-state index contributed by atoms with van der Waals surface area (Å²) >= 11 is 0. The molecule has 18 heavy (non-hydrogen) atoms. The lowest BCUT2D eigenvalue weighted by Gasteiger charge is -2.16. The molecule has 1 amide bonds. The fourth-order valence-electron chi connectivity index (χ4n) is 2.20. The number of nitrogens with zero attached hydrogens (tertiary/aromatic N) is 1. The maximum absolute atomic E-state index is 11.8. The number of esters is 1. The standard InChI is InChI=1S/C14H25NO3/c1-4-5-6-7-8-15-10-12(9-13(15)16)14(17)18-11(2)3/h11-12H,4-10H2,1-3H3. The number of rotatable bonds is 7. The van der Waals surface area contributed by atoms with Gasteiger partial charge in [0.25, 0.3) is 0 Å². The summed E-state index contributed by atoms with van der Waals surface area (Å²) in [4.78, 5) is 25.3. The van der Waals surface area contributed by atoms with E-state index < -0.39 is 0 Å². The predicted molar refractivity (Wildman–Crippen MR) is 70.1 cm³/mol. The number of ether oxygens (including phenoxy) is 1. The van der Waals surface area contributed by atoms with E-state index in [1.54, 1.807) is 0 Å². The molecule has 0 radical (unpaired) electrons. The van der Waals surface area contributed by atoms with Crippen LogP contribution in [-0.2, 0) is 14.3 Å². The highest BCUT2D eigenvalue weighted by Crippen LogP contribution is 2.20. The van der Waals surface area contributed by atoms with Gasteiger partial charge in [-0.3, -0.25) is 9.59 Å². The molecule has 1 aliphatic rings. The van der Waals surface area contributed by atoms with Gasteiger partial charge in [-0.1, -0.05) is 26.2 Å². The van der Waals surface area contributed by atoms with E-state index in [1.165, 1.54) is 12.8 Å². The molecule has 0 aromatic heterocycles. The van der Waals surface area contributed by atoms with E-state index >= 15 is 0 Å². The summed E-state index contributed by atoms with van der Waals surface area (Å²) in [5, 5.41) is 0. The summed E-state index contributed by atoms with van der Waals surface area (Å²) in [5.74, 6) is -0.391. The van der Waals surface area contributed by atoms with Gasteiger partial charge in [0.2, 0.25) is 5.91 Å². The van der Waals surface area contributed by atoms with Gasteiger partial charge in [0.15, 0.2) is 0 Å². The number of amides is 1.